The van der Waals surface area contributed by atoms with Gasteiger partial charge in [0.05, 0.1) is 12.5 Å². The highest BCUT2D eigenvalue weighted by molar-refractivity contribution is 7.86. The molecule has 4 rings (SSSR count). The Hall–Kier alpha value is -0.340. The largest absolute Gasteiger partial charge is 0.387 e. The van der Waals surface area contributed by atoms with Crippen molar-refractivity contribution in [3.05, 3.63) is 0 Å². The van der Waals surface area contributed by atoms with E-state index in [0.717, 1.165) is 12.5 Å². The summed E-state index contributed by atoms with van der Waals surface area (Å²) in [5.41, 5.74) is 0. The van der Waals surface area contributed by atoms with Crippen LogP contribution < -0.4 is 0 Å². The number of ether oxygens (including phenoxy) is 3. The van der Waals surface area contributed by atoms with E-state index in [4.69, 9.17) is 22.6 Å². The molecule has 0 spiro atoms. The first-order chi connectivity index (χ1) is 9.55. The third-order valence-corrected chi connectivity index (χ3v) is 4.49. The second-order valence-electron chi connectivity index (χ2n) is 5.11. The first kappa shape index (κ1) is 15.6. The van der Waals surface area contributed by atoms with Gasteiger partial charge in [0, 0.05) is 0 Å². The number of hydrogen-bond acceptors (Lipinski definition) is 10. The highest BCUT2D eigenvalue weighted by Crippen LogP contribution is 2.42. The Morgan fingerprint density at radius 2 is 1.19 bits per heavy atom. The van der Waals surface area contributed by atoms with Gasteiger partial charge in [0.2, 0.25) is 0 Å². The average molecular weight is 346 g/mol. The predicted molar refractivity (Wildman–Crippen MR) is 63.8 cm³/mol. The Balaban J connectivity index is 1.93. The molecule has 3 unspecified atom stereocenters. The maximum atomic E-state index is 11.3. The van der Waals surface area contributed by atoms with E-state index >= 15 is 0 Å². The fourth-order valence-electron chi connectivity index (χ4n) is 2.71. The van der Waals surface area contributed by atoms with Crippen molar-refractivity contribution in [2.24, 2.45) is 0 Å². The molecule has 3 saturated heterocycles. The molecule has 1 aliphatic carbocycles. The molecule has 4 aliphatic rings. The van der Waals surface area contributed by atoms with Gasteiger partial charge >= 0.3 is 0 Å². The number of hydrogen-bond donors (Lipinski definition) is 1. The summed E-state index contributed by atoms with van der Waals surface area (Å²) in [5.74, 6) is 0. The zero-order chi connectivity index (χ0) is 15.6. The van der Waals surface area contributed by atoms with Gasteiger partial charge in [-0.05, 0) is 0 Å². The summed E-state index contributed by atoms with van der Waals surface area (Å²) >= 11 is 0. The van der Waals surface area contributed by atoms with E-state index in [1.54, 1.807) is 0 Å². The van der Waals surface area contributed by atoms with Crippen LogP contribution >= 0.6 is 0 Å². The summed E-state index contributed by atoms with van der Waals surface area (Å²) < 4.78 is 70.6. The van der Waals surface area contributed by atoms with E-state index in [1.807, 2.05) is 0 Å². The molecule has 3 aliphatic heterocycles. The summed E-state index contributed by atoms with van der Waals surface area (Å²) in [6.07, 6.45) is -5.18. The quantitative estimate of drug-likeness (QED) is 0.545. The molecule has 4 bridgehead atoms. The first-order valence-corrected chi connectivity index (χ1v) is 9.59. The molecule has 0 aromatic heterocycles. The van der Waals surface area contributed by atoms with Gasteiger partial charge in [0.15, 0.2) is 0 Å². The van der Waals surface area contributed by atoms with Crippen LogP contribution in [0.15, 0.2) is 0 Å². The summed E-state index contributed by atoms with van der Waals surface area (Å²) in [6, 6.07) is 0. The topological polar surface area (TPSA) is 135 Å². The van der Waals surface area contributed by atoms with E-state index in [0.29, 0.717) is 0 Å². The molecular weight excluding hydrogens is 332 g/mol. The molecule has 10 nitrogen and oxygen atoms in total. The lowest BCUT2D eigenvalue weighted by molar-refractivity contribution is -0.476. The molecule has 122 valence electrons. The third-order valence-electron chi connectivity index (χ3n) is 3.34. The van der Waals surface area contributed by atoms with Crippen molar-refractivity contribution in [3.63, 3.8) is 0 Å². The monoisotopic (exact) mass is 346 g/mol. The van der Waals surface area contributed by atoms with Crippen molar-refractivity contribution in [2.75, 3.05) is 12.5 Å². The molecule has 1 saturated carbocycles. The van der Waals surface area contributed by atoms with Crippen molar-refractivity contribution in [1.29, 1.82) is 0 Å². The Labute approximate surface area is 121 Å². The number of aliphatic hydroxyl groups excluding tert-OH is 1. The van der Waals surface area contributed by atoms with Crippen molar-refractivity contribution < 1.29 is 44.5 Å². The third kappa shape index (κ3) is 2.94. The Morgan fingerprint density at radius 1 is 0.810 bits per heavy atom. The van der Waals surface area contributed by atoms with Gasteiger partial charge in [-0.3, -0.25) is 8.37 Å². The van der Waals surface area contributed by atoms with Crippen LogP contribution in [-0.2, 0) is 42.8 Å². The van der Waals surface area contributed by atoms with Crippen LogP contribution in [0.5, 0.6) is 0 Å². The van der Waals surface area contributed by atoms with Gasteiger partial charge in [-0.25, -0.2) is 0 Å². The second kappa shape index (κ2) is 4.83. The van der Waals surface area contributed by atoms with Gasteiger partial charge in [-0.1, -0.05) is 0 Å². The minimum absolute atomic E-state index is 0.827. The molecular formula is C9H14O10S2. The van der Waals surface area contributed by atoms with Gasteiger partial charge in [-0.15, -0.1) is 0 Å². The normalized spacial score (nSPS) is 46.0. The lowest BCUT2D eigenvalue weighted by Crippen LogP contribution is -2.76. The molecule has 0 radical (unpaired) electrons. The summed E-state index contributed by atoms with van der Waals surface area (Å²) in [7, 11) is -7.75. The standard InChI is InChI=1S/C9H14O10S2/c1-20(11,12)18-7-4-3(10)5-8(19-21(2,13)14)6(7)17-9(15-4)16-5/h3-10H,1-2H3/t3?,4-,5+,6?,7-,8-,9?/m1/s1. The smallest absolute Gasteiger partial charge is 0.272 e. The molecule has 12 heteroatoms. The van der Waals surface area contributed by atoms with Crippen LogP contribution in [0.1, 0.15) is 0 Å². The molecule has 4 fully saturated rings. The molecule has 0 aromatic carbocycles. The molecule has 0 aromatic rings. The van der Waals surface area contributed by atoms with E-state index in [-0.39, 0.29) is 0 Å². The van der Waals surface area contributed by atoms with Crippen molar-refractivity contribution in [1.82, 2.24) is 0 Å². The highest BCUT2D eigenvalue weighted by atomic mass is 32.2. The zero-order valence-electron chi connectivity index (χ0n) is 11.0. The number of aliphatic hydroxyl groups is 1. The van der Waals surface area contributed by atoms with E-state index in [2.05, 4.69) is 0 Å². The van der Waals surface area contributed by atoms with Crippen LogP contribution in [0.25, 0.3) is 0 Å². The minimum Gasteiger partial charge on any atom is -0.387 e. The van der Waals surface area contributed by atoms with Gasteiger partial charge in [0.1, 0.15) is 36.6 Å². The van der Waals surface area contributed by atoms with Crippen molar-refractivity contribution >= 4 is 20.2 Å². The lowest BCUT2D eigenvalue weighted by atomic mass is 9.83. The Kier molecular flexibility index (Phi) is 3.57. The SMILES string of the molecule is CS(=O)(=O)O[C@H]1C2OC3O[C@@H]1C(O)[C@H](O3)[C@H]2OS(C)(=O)=O. The summed E-state index contributed by atoms with van der Waals surface area (Å²) in [4.78, 5) is 0. The summed E-state index contributed by atoms with van der Waals surface area (Å²) in [5, 5.41) is 10.1. The zero-order valence-corrected chi connectivity index (χ0v) is 12.6. The summed E-state index contributed by atoms with van der Waals surface area (Å²) in [6.45, 7) is -1.12. The molecule has 21 heavy (non-hydrogen) atoms. The number of rotatable bonds is 4. The highest BCUT2D eigenvalue weighted by Gasteiger charge is 2.64. The van der Waals surface area contributed by atoms with Crippen LogP contribution in [0.4, 0.5) is 0 Å². The van der Waals surface area contributed by atoms with E-state index in [9.17, 15) is 21.9 Å². The van der Waals surface area contributed by atoms with Crippen molar-refractivity contribution in [2.45, 2.75) is 43.1 Å². The molecule has 3 heterocycles. The molecule has 7 atom stereocenters. The molecule has 1 N–H and O–H groups in total. The van der Waals surface area contributed by atoms with E-state index < -0.39 is 63.3 Å². The Morgan fingerprint density at radius 3 is 1.57 bits per heavy atom. The maximum absolute atomic E-state index is 11.3. The second-order valence-corrected chi connectivity index (χ2v) is 8.31. The fraction of sp³-hybridized carbons (Fsp3) is 1.00. The average Bonchev–Trinajstić information content (AvgIpc) is 2.29. The van der Waals surface area contributed by atoms with Crippen LogP contribution in [0.3, 0.4) is 0 Å². The molecule has 0 amide bonds. The van der Waals surface area contributed by atoms with Gasteiger partial charge < -0.3 is 19.3 Å². The Bertz CT molecular complexity index is 575. The van der Waals surface area contributed by atoms with Crippen molar-refractivity contribution in [3.8, 4) is 0 Å². The predicted octanol–water partition coefficient (Wildman–Crippen LogP) is -2.48. The lowest BCUT2D eigenvalue weighted by Gasteiger charge is -2.56. The van der Waals surface area contributed by atoms with E-state index in [1.165, 1.54) is 0 Å². The fourth-order valence-corrected chi connectivity index (χ4v) is 3.96. The minimum atomic E-state index is -3.88. The first-order valence-electron chi connectivity index (χ1n) is 5.96. The van der Waals surface area contributed by atoms with Crippen LogP contribution in [0.2, 0.25) is 0 Å². The maximum Gasteiger partial charge on any atom is 0.272 e. The van der Waals surface area contributed by atoms with Crippen LogP contribution in [-0.4, -0.2) is 77.6 Å². The van der Waals surface area contributed by atoms with Gasteiger partial charge in [-0.2, -0.15) is 16.8 Å². The van der Waals surface area contributed by atoms with Crippen LogP contribution in [0, 0.1) is 0 Å². The van der Waals surface area contributed by atoms with Gasteiger partial charge in [0.25, 0.3) is 26.7 Å².